The summed E-state index contributed by atoms with van der Waals surface area (Å²) in [6.45, 7) is 8.18. The van der Waals surface area contributed by atoms with E-state index in [9.17, 15) is 4.79 Å². The molecule has 1 rings (SSSR count). The maximum absolute atomic E-state index is 11.5. The van der Waals surface area contributed by atoms with Crippen molar-refractivity contribution in [1.82, 2.24) is 5.32 Å². The van der Waals surface area contributed by atoms with E-state index in [-0.39, 0.29) is 17.6 Å². The molecule has 1 N–H and O–H groups in total. The Kier molecular flexibility index (Phi) is 5.20. The Morgan fingerprint density at radius 2 is 2.11 bits per heavy atom. The average Bonchev–Trinajstić information content (AvgIpc) is 2.23. The minimum atomic E-state index is -0.371. The summed E-state index contributed by atoms with van der Waals surface area (Å²) < 4.78 is 6.24. The lowest BCUT2D eigenvalue weighted by molar-refractivity contribution is 0.132. The Bertz CT molecular complexity index is 413. The van der Waals surface area contributed by atoms with Gasteiger partial charge in [0.15, 0.2) is 0 Å². The van der Waals surface area contributed by atoms with Gasteiger partial charge in [-0.1, -0.05) is 35.0 Å². The van der Waals surface area contributed by atoms with Gasteiger partial charge in [0.2, 0.25) is 0 Å². The van der Waals surface area contributed by atoms with Crippen LogP contribution in [0.4, 0.5) is 4.79 Å². The fourth-order valence-corrected chi connectivity index (χ4v) is 1.87. The highest BCUT2D eigenvalue weighted by Crippen LogP contribution is 2.19. The van der Waals surface area contributed by atoms with Gasteiger partial charge in [-0.15, -0.1) is 0 Å². The number of halogens is 1. The lowest BCUT2D eigenvalue weighted by Gasteiger charge is -2.21. The van der Waals surface area contributed by atoms with Crippen molar-refractivity contribution < 1.29 is 9.53 Å². The van der Waals surface area contributed by atoms with Crippen LogP contribution in [0.3, 0.4) is 0 Å². The molecule has 0 aliphatic heterocycles. The molecular weight excluding hydrogens is 294 g/mol. The summed E-state index contributed by atoms with van der Waals surface area (Å²) >= 11 is 3.43. The van der Waals surface area contributed by atoms with Crippen molar-refractivity contribution in [2.75, 3.05) is 6.61 Å². The minimum absolute atomic E-state index is 0.174. The molecule has 0 heterocycles. The van der Waals surface area contributed by atoms with Gasteiger partial charge in [0.05, 0.1) is 6.61 Å². The summed E-state index contributed by atoms with van der Waals surface area (Å²) in [4.78, 5) is 11.5. The molecule has 18 heavy (non-hydrogen) atoms. The van der Waals surface area contributed by atoms with Crippen LogP contribution < -0.4 is 5.32 Å². The van der Waals surface area contributed by atoms with Crippen molar-refractivity contribution in [3.8, 4) is 0 Å². The molecule has 100 valence electrons. The van der Waals surface area contributed by atoms with Gasteiger partial charge in [-0.05, 0) is 38.5 Å². The van der Waals surface area contributed by atoms with Crippen LogP contribution in [0.25, 0.3) is 0 Å². The first-order valence-electron chi connectivity index (χ1n) is 5.98. The van der Waals surface area contributed by atoms with Crippen LogP contribution in [0.2, 0.25) is 0 Å². The first-order valence-corrected chi connectivity index (χ1v) is 6.77. The number of carbonyl (C=O) groups excluding carboxylic acids is 1. The number of benzene rings is 1. The van der Waals surface area contributed by atoms with Gasteiger partial charge in [-0.3, -0.25) is 0 Å². The number of hydrogen-bond acceptors (Lipinski definition) is 2. The molecule has 0 radical (unpaired) electrons. The zero-order chi connectivity index (χ0) is 13.8. The second kappa shape index (κ2) is 6.23. The van der Waals surface area contributed by atoms with Gasteiger partial charge in [0.1, 0.15) is 0 Å². The third-order valence-electron chi connectivity index (χ3n) is 2.36. The predicted molar refractivity (Wildman–Crippen MR) is 76.8 cm³/mol. The Balaban J connectivity index is 2.46. The highest BCUT2D eigenvalue weighted by atomic mass is 79.9. The highest BCUT2D eigenvalue weighted by Gasteiger charge is 2.16. The summed E-state index contributed by atoms with van der Waals surface area (Å²) in [5.74, 6) is 0.174. The number of hydrogen-bond donors (Lipinski definition) is 1. The van der Waals surface area contributed by atoms with Gasteiger partial charge in [0, 0.05) is 15.9 Å². The lowest BCUT2D eigenvalue weighted by atomic mass is 10.0. The van der Waals surface area contributed by atoms with Crippen LogP contribution >= 0.6 is 15.9 Å². The largest absolute Gasteiger partial charge is 0.449 e. The van der Waals surface area contributed by atoms with Crippen LogP contribution in [-0.4, -0.2) is 18.2 Å². The number of nitrogens with one attached hydrogen (secondary N) is 1. The standard InChI is InChI=1S/C14H20BrNO2/c1-10(11-6-5-7-12(15)8-11)9-18-13(17)16-14(2,3)4/h5-8,10H,9H2,1-4H3,(H,16,17). The zero-order valence-electron chi connectivity index (χ0n) is 11.3. The fraction of sp³-hybridized carbons (Fsp3) is 0.500. The van der Waals surface area contributed by atoms with Crippen molar-refractivity contribution in [3.05, 3.63) is 34.3 Å². The van der Waals surface area contributed by atoms with E-state index in [1.54, 1.807) is 0 Å². The van der Waals surface area contributed by atoms with Gasteiger partial charge in [-0.2, -0.15) is 0 Å². The van der Waals surface area contributed by atoms with Gasteiger partial charge < -0.3 is 10.1 Å². The van der Waals surface area contributed by atoms with Crippen molar-refractivity contribution in [1.29, 1.82) is 0 Å². The van der Waals surface area contributed by atoms with Crippen molar-refractivity contribution in [2.45, 2.75) is 39.2 Å². The van der Waals surface area contributed by atoms with Crippen LogP contribution in [0.1, 0.15) is 39.2 Å². The van der Waals surface area contributed by atoms with Gasteiger partial charge >= 0.3 is 6.09 Å². The van der Waals surface area contributed by atoms with E-state index in [2.05, 4.69) is 21.2 Å². The summed E-state index contributed by atoms with van der Waals surface area (Å²) in [6.07, 6.45) is -0.371. The lowest BCUT2D eigenvalue weighted by Crippen LogP contribution is -2.41. The molecule has 0 aromatic heterocycles. The maximum atomic E-state index is 11.5. The molecule has 0 bridgehead atoms. The van der Waals surface area contributed by atoms with Gasteiger partial charge in [-0.25, -0.2) is 4.79 Å². The zero-order valence-corrected chi connectivity index (χ0v) is 12.9. The summed E-state index contributed by atoms with van der Waals surface area (Å²) in [7, 11) is 0. The molecule has 3 nitrogen and oxygen atoms in total. The predicted octanol–water partition coefficient (Wildman–Crippen LogP) is 4.08. The SMILES string of the molecule is CC(COC(=O)NC(C)(C)C)c1cccc(Br)c1. The molecule has 1 aromatic rings. The van der Waals surface area contributed by atoms with E-state index in [0.717, 1.165) is 10.0 Å². The summed E-state index contributed by atoms with van der Waals surface area (Å²) in [6, 6.07) is 8.02. The van der Waals surface area contributed by atoms with Crippen LogP contribution in [0.5, 0.6) is 0 Å². The number of carbonyl (C=O) groups is 1. The monoisotopic (exact) mass is 313 g/mol. The number of ether oxygens (including phenoxy) is 1. The van der Waals surface area contributed by atoms with Gasteiger partial charge in [0.25, 0.3) is 0 Å². The number of rotatable bonds is 3. The molecule has 0 aliphatic carbocycles. The second-order valence-corrected chi connectivity index (χ2v) is 6.35. The molecule has 0 saturated carbocycles. The van der Waals surface area contributed by atoms with Crippen LogP contribution in [-0.2, 0) is 4.74 Å². The Morgan fingerprint density at radius 3 is 2.67 bits per heavy atom. The van der Waals surface area contributed by atoms with Crippen LogP contribution in [0.15, 0.2) is 28.7 Å². The molecule has 1 aromatic carbocycles. The van der Waals surface area contributed by atoms with E-state index < -0.39 is 0 Å². The third-order valence-corrected chi connectivity index (χ3v) is 2.85. The molecular formula is C14H20BrNO2. The smallest absolute Gasteiger partial charge is 0.407 e. The Morgan fingerprint density at radius 1 is 1.44 bits per heavy atom. The first-order chi connectivity index (χ1) is 8.28. The maximum Gasteiger partial charge on any atom is 0.407 e. The molecule has 1 amide bonds. The minimum Gasteiger partial charge on any atom is -0.449 e. The highest BCUT2D eigenvalue weighted by molar-refractivity contribution is 9.10. The Labute approximate surface area is 117 Å². The topological polar surface area (TPSA) is 38.3 Å². The number of amides is 1. The van der Waals surface area contributed by atoms with E-state index >= 15 is 0 Å². The fourth-order valence-electron chi connectivity index (χ4n) is 1.45. The second-order valence-electron chi connectivity index (χ2n) is 5.43. The molecule has 1 atom stereocenters. The van der Waals surface area contributed by atoms with Crippen molar-refractivity contribution in [3.63, 3.8) is 0 Å². The third kappa shape index (κ3) is 5.54. The molecule has 0 aliphatic rings. The van der Waals surface area contributed by atoms with Crippen molar-refractivity contribution in [2.24, 2.45) is 0 Å². The molecule has 0 saturated heterocycles. The van der Waals surface area contributed by atoms with E-state index in [0.29, 0.717) is 6.61 Å². The average molecular weight is 314 g/mol. The number of alkyl carbamates (subject to hydrolysis) is 1. The van der Waals surface area contributed by atoms with E-state index in [4.69, 9.17) is 4.74 Å². The molecule has 4 heteroatoms. The summed E-state index contributed by atoms with van der Waals surface area (Å²) in [5.41, 5.74) is 0.878. The molecule has 1 unspecified atom stereocenters. The van der Waals surface area contributed by atoms with Crippen LogP contribution in [0, 0.1) is 0 Å². The first kappa shape index (κ1) is 15.0. The quantitative estimate of drug-likeness (QED) is 0.913. The Hall–Kier alpha value is -1.03. The molecule has 0 fully saturated rings. The normalized spacial score (nSPS) is 12.9. The van der Waals surface area contributed by atoms with Crippen molar-refractivity contribution >= 4 is 22.0 Å². The summed E-state index contributed by atoms with van der Waals surface area (Å²) in [5, 5.41) is 2.77. The van der Waals surface area contributed by atoms with E-state index in [1.165, 1.54) is 0 Å². The molecule has 0 spiro atoms. The van der Waals surface area contributed by atoms with E-state index in [1.807, 2.05) is 52.0 Å².